The number of hydrogen-bond donors (Lipinski definition) is 1. The van der Waals surface area contributed by atoms with E-state index in [-0.39, 0.29) is 11.8 Å². The molecule has 0 spiro atoms. The first kappa shape index (κ1) is 11.6. The maximum absolute atomic E-state index is 10.6. The van der Waals surface area contributed by atoms with Gasteiger partial charge in [-0.2, -0.15) is 0 Å². The lowest BCUT2D eigenvalue weighted by atomic mass is 9.90. The first-order valence-electron chi connectivity index (χ1n) is 5.48. The first-order chi connectivity index (χ1) is 7.88. The number of hydrogen-bond acceptors (Lipinski definition) is 3. The normalized spacial score (nSPS) is 11.9. The molecule has 2 aromatic rings. The highest BCUT2D eigenvalue weighted by Gasteiger charge is 2.21. The average Bonchev–Trinajstić information content (AvgIpc) is 2.58. The van der Waals surface area contributed by atoms with Crippen LogP contribution in [-0.4, -0.2) is 16.2 Å². The minimum atomic E-state index is -0.847. The van der Waals surface area contributed by atoms with E-state index in [1.165, 1.54) is 0 Å². The number of aromatic nitrogens is 1. The Kier molecular flexibility index (Phi) is 2.65. The third-order valence-corrected chi connectivity index (χ3v) is 2.60. The SMILES string of the molecule is CC(C)(C)c1noc2cc(CC(=O)O)ccc12. The summed E-state index contributed by atoms with van der Waals surface area (Å²) in [5.74, 6) is -0.847. The second-order valence-corrected chi connectivity index (χ2v) is 5.18. The van der Waals surface area contributed by atoms with Gasteiger partial charge in [0.1, 0.15) is 0 Å². The molecule has 90 valence electrons. The number of benzene rings is 1. The van der Waals surface area contributed by atoms with Crippen molar-refractivity contribution in [1.29, 1.82) is 0 Å². The van der Waals surface area contributed by atoms with Crippen molar-refractivity contribution in [3.63, 3.8) is 0 Å². The number of nitrogens with zero attached hydrogens (tertiary/aromatic N) is 1. The molecule has 0 atom stereocenters. The van der Waals surface area contributed by atoms with E-state index in [2.05, 4.69) is 25.9 Å². The van der Waals surface area contributed by atoms with Crippen LogP contribution in [0.15, 0.2) is 22.7 Å². The standard InChI is InChI=1S/C13H15NO3/c1-13(2,3)12-9-5-4-8(7-11(15)16)6-10(9)17-14-12/h4-6H,7H2,1-3H3,(H,15,16). The van der Waals surface area contributed by atoms with Gasteiger partial charge in [0.2, 0.25) is 0 Å². The molecule has 1 aromatic heterocycles. The number of carboxylic acids is 1. The molecule has 0 aliphatic heterocycles. The molecule has 0 saturated heterocycles. The Bertz CT molecular complexity index is 564. The molecule has 4 heteroatoms. The van der Waals surface area contributed by atoms with Crippen LogP contribution in [0, 0.1) is 0 Å². The lowest BCUT2D eigenvalue weighted by Gasteiger charge is -2.14. The molecule has 0 unspecified atom stereocenters. The maximum atomic E-state index is 10.6. The number of rotatable bonds is 2. The van der Waals surface area contributed by atoms with Crippen molar-refractivity contribution >= 4 is 16.9 Å². The maximum Gasteiger partial charge on any atom is 0.307 e. The third kappa shape index (κ3) is 2.30. The fourth-order valence-corrected chi connectivity index (χ4v) is 1.81. The van der Waals surface area contributed by atoms with Crippen LogP contribution in [0.4, 0.5) is 0 Å². The predicted octanol–water partition coefficient (Wildman–Crippen LogP) is 2.75. The van der Waals surface area contributed by atoms with Gasteiger partial charge in [0.15, 0.2) is 5.58 Å². The molecule has 0 fully saturated rings. The van der Waals surface area contributed by atoms with E-state index in [4.69, 9.17) is 9.63 Å². The van der Waals surface area contributed by atoms with Crippen molar-refractivity contribution in [2.24, 2.45) is 0 Å². The molecule has 1 heterocycles. The van der Waals surface area contributed by atoms with E-state index in [9.17, 15) is 4.79 Å². The van der Waals surface area contributed by atoms with Crippen molar-refractivity contribution in [1.82, 2.24) is 5.16 Å². The van der Waals surface area contributed by atoms with Crippen LogP contribution < -0.4 is 0 Å². The molecular formula is C13H15NO3. The summed E-state index contributed by atoms with van der Waals surface area (Å²) in [6, 6.07) is 5.43. The molecule has 0 bridgehead atoms. The molecule has 0 radical (unpaired) electrons. The summed E-state index contributed by atoms with van der Waals surface area (Å²) in [6.07, 6.45) is 0.00148. The highest BCUT2D eigenvalue weighted by atomic mass is 16.5. The molecule has 0 saturated carbocycles. The fourth-order valence-electron chi connectivity index (χ4n) is 1.81. The summed E-state index contributed by atoms with van der Waals surface area (Å²) in [4.78, 5) is 10.6. The second-order valence-electron chi connectivity index (χ2n) is 5.18. The van der Waals surface area contributed by atoms with E-state index < -0.39 is 5.97 Å². The molecule has 0 aliphatic rings. The van der Waals surface area contributed by atoms with Gasteiger partial charge >= 0.3 is 5.97 Å². The van der Waals surface area contributed by atoms with Crippen LogP contribution in [0.25, 0.3) is 11.0 Å². The van der Waals surface area contributed by atoms with E-state index in [1.54, 1.807) is 6.07 Å². The van der Waals surface area contributed by atoms with Crippen molar-refractivity contribution in [2.45, 2.75) is 32.6 Å². The minimum absolute atomic E-state index is 0.00148. The van der Waals surface area contributed by atoms with Gasteiger partial charge in [-0.3, -0.25) is 4.79 Å². The van der Waals surface area contributed by atoms with Gasteiger partial charge in [0, 0.05) is 10.8 Å². The summed E-state index contributed by atoms with van der Waals surface area (Å²) in [6.45, 7) is 6.19. The number of aliphatic carboxylic acids is 1. The van der Waals surface area contributed by atoms with Crippen molar-refractivity contribution in [3.05, 3.63) is 29.5 Å². The van der Waals surface area contributed by atoms with E-state index in [0.29, 0.717) is 5.58 Å². The highest BCUT2D eigenvalue weighted by Crippen LogP contribution is 2.29. The lowest BCUT2D eigenvalue weighted by molar-refractivity contribution is -0.136. The summed E-state index contributed by atoms with van der Waals surface area (Å²) < 4.78 is 5.25. The summed E-state index contributed by atoms with van der Waals surface area (Å²) in [7, 11) is 0. The van der Waals surface area contributed by atoms with Crippen molar-refractivity contribution in [3.8, 4) is 0 Å². The van der Waals surface area contributed by atoms with Gasteiger partial charge in [-0.15, -0.1) is 0 Å². The largest absolute Gasteiger partial charge is 0.481 e. The predicted molar refractivity (Wildman–Crippen MR) is 64.0 cm³/mol. The van der Waals surface area contributed by atoms with Crippen molar-refractivity contribution < 1.29 is 14.4 Å². The Labute approximate surface area is 99.2 Å². The quantitative estimate of drug-likeness (QED) is 0.866. The molecule has 17 heavy (non-hydrogen) atoms. The molecule has 4 nitrogen and oxygen atoms in total. The number of fused-ring (bicyclic) bond motifs is 1. The topological polar surface area (TPSA) is 63.3 Å². The average molecular weight is 233 g/mol. The Morgan fingerprint density at radius 2 is 2.12 bits per heavy atom. The first-order valence-corrected chi connectivity index (χ1v) is 5.48. The van der Waals surface area contributed by atoms with Gasteiger partial charge in [-0.25, -0.2) is 0 Å². The Balaban J connectivity index is 2.48. The zero-order valence-electron chi connectivity index (χ0n) is 10.2. The van der Waals surface area contributed by atoms with Gasteiger partial charge in [0.05, 0.1) is 12.1 Å². The third-order valence-electron chi connectivity index (χ3n) is 2.60. The zero-order valence-corrected chi connectivity index (χ0v) is 10.2. The van der Waals surface area contributed by atoms with E-state index >= 15 is 0 Å². The van der Waals surface area contributed by atoms with Crippen molar-refractivity contribution in [2.75, 3.05) is 0 Å². The number of carboxylic acid groups (broad SMARTS) is 1. The molecule has 2 rings (SSSR count). The van der Waals surface area contributed by atoms with Crippen LogP contribution in [0.5, 0.6) is 0 Å². The van der Waals surface area contributed by atoms with Crippen LogP contribution >= 0.6 is 0 Å². The van der Waals surface area contributed by atoms with Gasteiger partial charge < -0.3 is 9.63 Å². The van der Waals surface area contributed by atoms with Crippen LogP contribution in [0.1, 0.15) is 32.0 Å². The number of carbonyl (C=O) groups is 1. The molecule has 1 aromatic carbocycles. The monoisotopic (exact) mass is 233 g/mol. The Morgan fingerprint density at radius 1 is 1.41 bits per heavy atom. The van der Waals surface area contributed by atoms with Gasteiger partial charge in [0.25, 0.3) is 0 Å². The fraction of sp³-hybridized carbons (Fsp3) is 0.385. The summed E-state index contributed by atoms with van der Waals surface area (Å²) >= 11 is 0. The smallest absolute Gasteiger partial charge is 0.307 e. The highest BCUT2D eigenvalue weighted by molar-refractivity contribution is 5.82. The van der Waals surface area contributed by atoms with Crippen LogP contribution in [-0.2, 0) is 16.6 Å². The Morgan fingerprint density at radius 3 is 2.71 bits per heavy atom. The van der Waals surface area contributed by atoms with Gasteiger partial charge in [-0.1, -0.05) is 32.0 Å². The summed E-state index contributed by atoms with van der Waals surface area (Å²) in [5, 5.41) is 13.7. The lowest BCUT2D eigenvalue weighted by Crippen LogP contribution is -2.11. The second kappa shape index (κ2) is 3.87. The minimum Gasteiger partial charge on any atom is -0.481 e. The molecule has 0 amide bonds. The van der Waals surface area contributed by atoms with Crippen LogP contribution in [0.3, 0.4) is 0 Å². The van der Waals surface area contributed by atoms with Gasteiger partial charge in [-0.05, 0) is 17.7 Å². The molecule has 1 N–H and O–H groups in total. The van der Waals surface area contributed by atoms with E-state index in [0.717, 1.165) is 16.6 Å². The zero-order chi connectivity index (χ0) is 12.6. The Hall–Kier alpha value is -1.84. The van der Waals surface area contributed by atoms with E-state index in [1.807, 2.05) is 12.1 Å². The summed E-state index contributed by atoms with van der Waals surface area (Å²) in [5.41, 5.74) is 2.18. The van der Waals surface area contributed by atoms with Crippen LogP contribution in [0.2, 0.25) is 0 Å². The molecule has 0 aliphatic carbocycles. The molecular weight excluding hydrogens is 218 g/mol.